The summed E-state index contributed by atoms with van der Waals surface area (Å²) in [4.78, 5) is 3.77. The lowest BCUT2D eigenvalue weighted by atomic mass is 10.4. The minimum Gasteiger partial charge on any atom is -0.366 e. The number of nitrogens with zero attached hydrogens (tertiary/aromatic N) is 2. The summed E-state index contributed by atoms with van der Waals surface area (Å²) in [6.45, 7) is 3.56. The lowest BCUT2D eigenvalue weighted by Crippen LogP contribution is -2.49. The van der Waals surface area contributed by atoms with Gasteiger partial charge in [-0.1, -0.05) is 13.8 Å². The first kappa shape index (κ1) is 9.23. The first-order valence-electron chi connectivity index (χ1n) is 3.18. The summed E-state index contributed by atoms with van der Waals surface area (Å²) in [5.74, 6) is -0.125. The number of hydroxylamine groups is 2. The Bertz CT molecular complexity index is 283. The van der Waals surface area contributed by atoms with Crippen LogP contribution in [0.3, 0.4) is 0 Å². The zero-order chi connectivity index (χ0) is 9.35. The van der Waals surface area contributed by atoms with E-state index in [0.717, 1.165) is 0 Å². The summed E-state index contributed by atoms with van der Waals surface area (Å²) in [6.07, 6.45) is 0. The summed E-state index contributed by atoms with van der Waals surface area (Å²) < 4.78 is 28.8. The van der Waals surface area contributed by atoms with E-state index >= 15 is 0 Å². The van der Waals surface area contributed by atoms with Crippen molar-refractivity contribution in [3.8, 4) is 0 Å². The Morgan fingerprint density at radius 1 is 1.50 bits per heavy atom. The molecule has 0 saturated carbocycles. The number of nitrogens with two attached hydrogens (primary N) is 1. The molecule has 0 aromatic heterocycles. The van der Waals surface area contributed by atoms with Gasteiger partial charge < -0.3 is 5.73 Å². The minimum absolute atomic E-state index is 0.0551. The zero-order valence-electron chi connectivity index (χ0n) is 6.59. The van der Waals surface area contributed by atoms with Crippen molar-refractivity contribution < 1.29 is 17.0 Å². The molecule has 12 heavy (non-hydrogen) atoms. The molecule has 8 heteroatoms. The van der Waals surface area contributed by atoms with Crippen LogP contribution in [0.2, 0.25) is 0 Å². The summed E-state index contributed by atoms with van der Waals surface area (Å²) in [5, 5.41) is 0.537. The van der Waals surface area contributed by atoms with E-state index in [-0.39, 0.29) is 12.0 Å². The van der Waals surface area contributed by atoms with Gasteiger partial charge in [-0.3, -0.25) is 0 Å². The molecule has 1 heterocycles. The third kappa shape index (κ3) is 2.06. The number of hydrogen-bond donors (Lipinski definition) is 1. The van der Waals surface area contributed by atoms with Crippen molar-refractivity contribution in [3.05, 3.63) is 0 Å². The lowest BCUT2D eigenvalue weighted by Gasteiger charge is -2.26. The zero-order valence-corrected chi connectivity index (χ0v) is 7.41. The Hall–Kier alpha value is -0.860. The summed E-state index contributed by atoms with van der Waals surface area (Å²) >= 11 is 0. The molecule has 0 aromatic rings. The fourth-order valence-electron chi connectivity index (χ4n) is 0.559. The van der Waals surface area contributed by atoms with Gasteiger partial charge in [0.1, 0.15) is 0 Å². The van der Waals surface area contributed by atoms with Gasteiger partial charge in [0.05, 0.1) is 0 Å². The average molecular weight is 195 g/mol. The molecule has 1 saturated heterocycles. The second-order valence-electron chi connectivity index (χ2n) is 2.40. The van der Waals surface area contributed by atoms with Crippen LogP contribution in [-0.2, 0) is 19.0 Å². The first-order chi connectivity index (χ1) is 5.41. The molecule has 1 aliphatic heterocycles. The van der Waals surface area contributed by atoms with Gasteiger partial charge >= 0.3 is 10.4 Å². The Kier molecular flexibility index (Phi) is 2.22. The molecular formula is C4H9N3O4S. The summed E-state index contributed by atoms with van der Waals surface area (Å²) in [7, 11) is -3.85. The number of rotatable bonds is 1. The Morgan fingerprint density at radius 3 is 2.33 bits per heavy atom. The molecular weight excluding hydrogens is 186 g/mol. The van der Waals surface area contributed by atoms with E-state index in [1.165, 1.54) is 0 Å². The molecule has 1 aliphatic rings. The van der Waals surface area contributed by atoms with E-state index in [1.807, 2.05) is 0 Å². The molecule has 7 nitrogen and oxygen atoms in total. The molecule has 0 radical (unpaired) electrons. The SMILES string of the molecule is CC(C)N=C(N)N1OS(=O)(=O)O1. The fourth-order valence-corrected chi connectivity index (χ4v) is 1.06. The Labute approximate surface area is 70.0 Å². The van der Waals surface area contributed by atoms with Crippen LogP contribution >= 0.6 is 0 Å². The van der Waals surface area contributed by atoms with Crippen molar-refractivity contribution in [2.45, 2.75) is 19.9 Å². The smallest absolute Gasteiger partial charge is 0.366 e. The van der Waals surface area contributed by atoms with E-state index in [0.29, 0.717) is 5.23 Å². The molecule has 70 valence electrons. The normalized spacial score (nSPS) is 22.6. The van der Waals surface area contributed by atoms with Crippen molar-refractivity contribution in [3.63, 3.8) is 0 Å². The van der Waals surface area contributed by atoms with Gasteiger partial charge in [0, 0.05) is 6.04 Å². The fraction of sp³-hybridized carbons (Fsp3) is 0.750. The van der Waals surface area contributed by atoms with Crippen LogP contribution in [0.4, 0.5) is 0 Å². The Morgan fingerprint density at radius 2 is 2.00 bits per heavy atom. The maximum Gasteiger partial charge on any atom is 0.446 e. The second-order valence-corrected chi connectivity index (χ2v) is 3.51. The minimum atomic E-state index is -3.85. The molecule has 0 spiro atoms. The monoisotopic (exact) mass is 195 g/mol. The molecule has 0 atom stereocenters. The van der Waals surface area contributed by atoms with E-state index in [4.69, 9.17) is 5.73 Å². The van der Waals surface area contributed by atoms with Crippen LogP contribution in [0.1, 0.15) is 13.8 Å². The summed E-state index contributed by atoms with van der Waals surface area (Å²) in [5.41, 5.74) is 5.26. The van der Waals surface area contributed by atoms with Crippen LogP contribution in [0.25, 0.3) is 0 Å². The molecule has 0 amide bonds. The molecule has 0 unspecified atom stereocenters. The largest absolute Gasteiger partial charge is 0.446 e. The second kappa shape index (κ2) is 2.88. The van der Waals surface area contributed by atoms with Crippen LogP contribution in [-0.4, -0.2) is 25.6 Å². The average Bonchev–Trinajstić information content (AvgIpc) is 1.80. The van der Waals surface area contributed by atoms with Gasteiger partial charge in [-0.15, -0.1) is 0 Å². The van der Waals surface area contributed by atoms with Crippen LogP contribution < -0.4 is 5.73 Å². The van der Waals surface area contributed by atoms with Crippen molar-refractivity contribution in [1.29, 1.82) is 0 Å². The van der Waals surface area contributed by atoms with E-state index in [1.54, 1.807) is 13.8 Å². The molecule has 0 aliphatic carbocycles. The number of guanidine groups is 1. The van der Waals surface area contributed by atoms with Crippen molar-refractivity contribution in [2.24, 2.45) is 10.7 Å². The molecule has 0 bridgehead atoms. The molecule has 0 aromatic carbocycles. The molecule has 1 rings (SSSR count). The van der Waals surface area contributed by atoms with E-state index in [2.05, 4.69) is 13.6 Å². The quantitative estimate of drug-likeness (QED) is 0.432. The summed E-state index contributed by atoms with van der Waals surface area (Å²) in [6, 6.07) is -0.0551. The third-order valence-corrected chi connectivity index (χ3v) is 1.53. The van der Waals surface area contributed by atoms with Crippen LogP contribution in [0.15, 0.2) is 4.99 Å². The Balaban J connectivity index is 2.54. The lowest BCUT2D eigenvalue weighted by molar-refractivity contribution is -0.269. The van der Waals surface area contributed by atoms with E-state index < -0.39 is 10.4 Å². The highest BCUT2D eigenvalue weighted by Gasteiger charge is 2.37. The molecule has 1 fully saturated rings. The highest BCUT2D eigenvalue weighted by Crippen LogP contribution is 2.15. The third-order valence-electron chi connectivity index (χ3n) is 0.895. The predicted octanol–water partition coefficient (Wildman–Crippen LogP) is -0.867. The van der Waals surface area contributed by atoms with Gasteiger partial charge in [-0.2, -0.15) is 8.42 Å². The standard InChI is InChI=1S/C4H9N3O4S/c1-3(2)6-4(5)7-10-12(8,9)11-7/h3H,1-2H3,(H2,5,6). The van der Waals surface area contributed by atoms with Crippen LogP contribution in [0, 0.1) is 0 Å². The topological polar surface area (TPSA) is 94.2 Å². The van der Waals surface area contributed by atoms with Gasteiger partial charge in [-0.25, -0.2) is 4.99 Å². The van der Waals surface area contributed by atoms with Crippen molar-refractivity contribution in [1.82, 2.24) is 5.23 Å². The predicted molar refractivity (Wildman–Crippen MR) is 39.7 cm³/mol. The number of aliphatic imine (C=N–C) groups is 1. The first-order valence-corrected chi connectivity index (χ1v) is 4.51. The van der Waals surface area contributed by atoms with Gasteiger partial charge in [-0.05, 0) is 13.8 Å². The highest BCUT2D eigenvalue weighted by atomic mass is 32.3. The van der Waals surface area contributed by atoms with E-state index in [9.17, 15) is 8.42 Å². The molecule has 2 N–H and O–H groups in total. The van der Waals surface area contributed by atoms with Gasteiger partial charge in [0.2, 0.25) is 5.96 Å². The van der Waals surface area contributed by atoms with Gasteiger partial charge in [0.15, 0.2) is 0 Å². The maximum absolute atomic E-state index is 10.3. The van der Waals surface area contributed by atoms with Crippen LogP contribution in [0.5, 0.6) is 0 Å². The maximum atomic E-state index is 10.3. The van der Waals surface area contributed by atoms with Gasteiger partial charge in [0.25, 0.3) is 0 Å². The number of hydrogen-bond acceptors (Lipinski definition) is 5. The highest BCUT2D eigenvalue weighted by molar-refractivity contribution is 7.82. The van der Waals surface area contributed by atoms with Crippen molar-refractivity contribution in [2.75, 3.05) is 0 Å². The van der Waals surface area contributed by atoms with Crippen molar-refractivity contribution >= 4 is 16.4 Å².